The zero-order valence-electron chi connectivity index (χ0n) is 52.5. The van der Waals surface area contributed by atoms with Gasteiger partial charge in [0.25, 0.3) is 0 Å². The van der Waals surface area contributed by atoms with Gasteiger partial charge in [-0.25, -0.2) is 0 Å². The molecule has 0 radical (unpaired) electrons. The van der Waals surface area contributed by atoms with Crippen molar-refractivity contribution in [2.24, 2.45) is 0 Å². The van der Waals surface area contributed by atoms with E-state index in [0.29, 0.717) is 145 Å². The second-order valence-corrected chi connectivity index (χ2v) is 25.7. The predicted molar refractivity (Wildman–Crippen MR) is 370 cm³/mol. The third-order valence-electron chi connectivity index (χ3n) is 19.5. The van der Waals surface area contributed by atoms with Crippen LogP contribution in [0.15, 0.2) is 206 Å². The molecule has 0 atom stereocenters. The third-order valence-corrected chi connectivity index (χ3v) is 19.5. The molecule has 96 heavy (non-hydrogen) atoms. The van der Waals surface area contributed by atoms with Gasteiger partial charge in [-0.05, 0) is 169 Å². The first-order valence-corrected chi connectivity index (χ1v) is 32.2. The minimum atomic E-state index is -0.0926. The molecule has 12 aromatic carbocycles. The van der Waals surface area contributed by atoms with Crippen molar-refractivity contribution in [2.75, 3.05) is 0 Å². The van der Waals surface area contributed by atoms with Crippen molar-refractivity contribution in [1.82, 2.24) is 0 Å². The van der Waals surface area contributed by atoms with Gasteiger partial charge in [0.2, 0.25) is 0 Å². The Kier molecular flexibility index (Phi) is 16.5. The Balaban J connectivity index is 0.918. The molecule has 0 amide bonds. The van der Waals surface area contributed by atoms with Crippen molar-refractivity contribution in [2.45, 2.75) is 77.0 Å². The Morgan fingerprint density at radius 3 is 0.312 bits per heavy atom. The third kappa shape index (κ3) is 12.0. The SMILES string of the molecule is Oc1c2cccc1Cc1cccc(c1O)Cc1cccc(c1O)Cc1cc(-c3cc4c(O)c(c3)Cc3cccc(c3O)Cc3cccc(c3O)Cc3cccc(c3O)Cc3cccc(c3O)Cc3cccc(c3O)C4)cc(c1O)Cc1cccc(c1O)Cc1cccc(c1O)C2. The van der Waals surface area contributed by atoms with Crippen molar-refractivity contribution in [3.8, 4) is 80.1 Å². The highest BCUT2D eigenvalue weighted by Gasteiger charge is 2.25. The van der Waals surface area contributed by atoms with Crippen LogP contribution in [0.5, 0.6) is 69.0 Å². The maximum Gasteiger partial charge on any atom is 0.122 e. The van der Waals surface area contributed by atoms with E-state index in [1.165, 1.54) is 0 Å². The normalized spacial score (nSPS) is 13.2. The van der Waals surface area contributed by atoms with E-state index in [4.69, 9.17) is 0 Å². The van der Waals surface area contributed by atoms with Gasteiger partial charge < -0.3 is 61.3 Å². The van der Waals surface area contributed by atoms with Crippen molar-refractivity contribution < 1.29 is 61.3 Å². The van der Waals surface area contributed by atoms with Crippen LogP contribution in [0.3, 0.4) is 0 Å². The van der Waals surface area contributed by atoms with Crippen molar-refractivity contribution in [1.29, 1.82) is 0 Å². The van der Waals surface area contributed by atoms with Crippen molar-refractivity contribution >= 4 is 0 Å². The summed E-state index contributed by atoms with van der Waals surface area (Å²) >= 11 is 0. The molecule has 0 saturated carbocycles. The van der Waals surface area contributed by atoms with E-state index in [9.17, 15) is 61.3 Å². The topological polar surface area (TPSA) is 243 Å². The zero-order chi connectivity index (χ0) is 66.5. The Morgan fingerprint density at radius 2 is 0.208 bits per heavy atom. The number of hydrogen-bond acceptors (Lipinski definition) is 12. The summed E-state index contributed by atoms with van der Waals surface area (Å²) in [5.74, 6) is -0.217. The fraction of sp³-hybridized carbons (Fsp3) is 0.143. The number of hydrogen-bond donors (Lipinski definition) is 12. The Morgan fingerprint density at radius 1 is 0.125 bits per heavy atom. The van der Waals surface area contributed by atoms with E-state index in [2.05, 4.69) is 0 Å². The van der Waals surface area contributed by atoms with Crippen LogP contribution in [0.1, 0.15) is 134 Å². The Bertz CT molecular complexity index is 4450. The summed E-state index contributed by atoms with van der Waals surface area (Å²) < 4.78 is 0. The number of rotatable bonds is 1. The lowest BCUT2D eigenvalue weighted by molar-refractivity contribution is 0.449. The molecule has 0 saturated heterocycles. The molecule has 12 nitrogen and oxygen atoms in total. The molecule has 12 heteroatoms. The predicted octanol–water partition coefficient (Wildman–Crippen LogP) is 15.5. The van der Waals surface area contributed by atoms with Crippen molar-refractivity contribution in [3.63, 3.8) is 0 Å². The lowest BCUT2D eigenvalue weighted by atomic mass is 9.87. The first-order valence-electron chi connectivity index (χ1n) is 32.2. The standard InChI is InChI=1S/C84H70O12/c85-73-47-11-1-12-48(73)32-52-16-4-20-56(76(52)88)36-60-24-8-28-64(80(60)92)40-70-44-67(43-69(83(70)95)39-63-27-7-23-59(79(63)91)35-55-19-3-15-51(31-47)75(55)87)68-45-71-41-65-29-9-25-61(81(65)93)37-57-21-5-17-53(77(57)89)33-49-13-2-14-50(74(49)86)34-54-18-6-22-58(78(54)90)38-62-26-10-30-66(82(62)94)42-72(46-68)84(71)96/h1-30,43-46,85-96H,31-42H2. The number of phenolic OH excluding ortho intramolecular Hbond substituents is 12. The quantitative estimate of drug-likeness (QED) is 0.0735. The van der Waals surface area contributed by atoms with E-state index in [1.54, 1.807) is 121 Å². The van der Waals surface area contributed by atoms with Crippen LogP contribution in [0.2, 0.25) is 0 Å². The monoisotopic (exact) mass is 1270 g/mol. The van der Waals surface area contributed by atoms with E-state index >= 15 is 0 Å². The molecule has 24 bridgehead atoms. The number of phenols is 12. The molecule has 12 N–H and O–H groups in total. The van der Waals surface area contributed by atoms with Crippen LogP contribution < -0.4 is 0 Å². The number of fused-ring (bicyclic) bond motifs is 24. The molecule has 0 spiro atoms. The van der Waals surface area contributed by atoms with Gasteiger partial charge in [0.05, 0.1) is 0 Å². The zero-order valence-corrected chi connectivity index (χ0v) is 52.5. The van der Waals surface area contributed by atoms with Crippen LogP contribution in [0.25, 0.3) is 11.1 Å². The Hall–Kier alpha value is -11.8. The lowest BCUT2D eigenvalue weighted by Crippen LogP contribution is -2.02. The maximum atomic E-state index is 12.7. The van der Waals surface area contributed by atoms with Crippen LogP contribution in [0, 0.1) is 0 Å². The van der Waals surface area contributed by atoms with E-state index in [0.717, 1.165) is 0 Å². The minimum absolute atomic E-state index is 0.0137. The summed E-state index contributed by atoms with van der Waals surface area (Å²) in [6, 6.07) is 61.3. The Labute approximate surface area is 555 Å². The molecular weight excluding hydrogens is 1200 g/mol. The van der Waals surface area contributed by atoms with Crippen LogP contribution in [0.4, 0.5) is 0 Å². The van der Waals surface area contributed by atoms with Gasteiger partial charge in [0.1, 0.15) is 69.0 Å². The minimum Gasteiger partial charge on any atom is -0.507 e. The highest BCUT2D eigenvalue weighted by molar-refractivity contribution is 5.73. The van der Waals surface area contributed by atoms with E-state index < -0.39 is 0 Å². The second-order valence-electron chi connectivity index (χ2n) is 25.7. The van der Waals surface area contributed by atoms with Gasteiger partial charge in [-0.3, -0.25) is 0 Å². The smallest absolute Gasteiger partial charge is 0.122 e. The highest BCUT2D eigenvalue weighted by Crippen LogP contribution is 2.45. The van der Waals surface area contributed by atoms with Crippen molar-refractivity contribution in [3.05, 3.63) is 340 Å². The molecule has 0 aromatic heterocycles. The first-order chi connectivity index (χ1) is 46.5. The fourth-order valence-electron chi connectivity index (χ4n) is 14.2. The summed E-state index contributed by atoms with van der Waals surface area (Å²) in [5.41, 5.74) is 13.5. The molecule has 0 heterocycles. The van der Waals surface area contributed by atoms with Gasteiger partial charge >= 0.3 is 0 Å². The lowest BCUT2D eigenvalue weighted by Gasteiger charge is -2.19. The molecule has 12 aromatic rings. The number of benzene rings is 12. The molecule has 0 fully saturated rings. The van der Waals surface area contributed by atoms with Crippen LogP contribution in [-0.2, 0) is 77.0 Å². The molecule has 478 valence electrons. The average Bonchev–Trinajstić information content (AvgIpc) is 0.791. The van der Waals surface area contributed by atoms with Crippen LogP contribution >= 0.6 is 0 Å². The molecule has 0 unspecified atom stereocenters. The van der Waals surface area contributed by atoms with Gasteiger partial charge in [-0.2, -0.15) is 0 Å². The molecule has 2 aliphatic rings. The summed E-state index contributed by atoms with van der Waals surface area (Å²) in [6.07, 6.45) is 1.36. The van der Waals surface area contributed by atoms with Gasteiger partial charge in [-0.1, -0.05) is 182 Å². The molecule has 0 aliphatic heterocycles. The van der Waals surface area contributed by atoms with E-state index in [-0.39, 0.29) is 146 Å². The van der Waals surface area contributed by atoms with Crippen LogP contribution in [-0.4, -0.2) is 61.3 Å². The average molecular weight is 1270 g/mol. The summed E-state index contributed by atoms with van der Waals surface area (Å²) in [4.78, 5) is 0. The first kappa shape index (κ1) is 61.7. The van der Waals surface area contributed by atoms with Gasteiger partial charge in [0, 0.05) is 77.0 Å². The number of para-hydroxylation sites is 10. The number of aromatic hydroxyl groups is 12. The largest absolute Gasteiger partial charge is 0.507 e. The second kappa shape index (κ2) is 25.6. The summed E-state index contributed by atoms with van der Waals surface area (Å²) in [7, 11) is 0. The summed E-state index contributed by atoms with van der Waals surface area (Å²) in [5, 5.41) is 145. The molecule has 2 aliphatic carbocycles. The molecular formula is C84H70O12. The van der Waals surface area contributed by atoms with E-state index in [1.807, 2.05) is 84.9 Å². The maximum absolute atomic E-state index is 12.7. The molecule has 14 rings (SSSR count). The highest BCUT2D eigenvalue weighted by atomic mass is 16.3. The summed E-state index contributed by atoms with van der Waals surface area (Å²) in [6.45, 7) is 0. The van der Waals surface area contributed by atoms with Gasteiger partial charge in [-0.15, -0.1) is 0 Å². The van der Waals surface area contributed by atoms with Gasteiger partial charge in [0.15, 0.2) is 0 Å². The fourth-order valence-corrected chi connectivity index (χ4v) is 14.2.